The monoisotopic (exact) mass is 229 g/mol. The molecular formula is C10H19N3OS. The molecule has 2 aliphatic rings. The third kappa shape index (κ3) is 3.57. The molecule has 4 nitrogen and oxygen atoms in total. The first kappa shape index (κ1) is 11.1. The minimum Gasteiger partial charge on any atom is -0.335 e. The number of carbonyl (C=O) groups is 1. The summed E-state index contributed by atoms with van der Waals surface area (Å²) in [5.41, 5.74) is 0. The highest BCUT2D eigenvalue weighted by molar-refractivity contribution is 7.99. The molecule has 2 amide bonds. The van der Waals surface area contributed by atoms with E-state index in [0.29, 0.717) is 12.1 Å². The smallest absolute Gasteiger partial charge is 0.315 e. The van der Waals surface area contributed by atoms with E-state index in [1.54, 1.807) is 0 Å². The normalized spacial score (nSPS) is 31.2. The molecule has 0 aliphatic carbocycles. The number of urea groups is 1. The van der Waals surface area contributed by atoms with Gasteiger partial charge in [-0.15, -0.1) is 0 Å². The number of thioether (sulfide) groups is 1. The van der Waals surface area contributed by atoms with Crippen LogP contribution in [0.25, 0.3) is 0 Å². The van der Waals surface area contributed by atoms with Gasteiger partial charge in [0.15, 0.2) is 0 Å². The van der Waals surface area contributed by atoms with Gasteiger partial charge in [0.2, 0.25) is 0 Å². The molecule has 3 N–H and O–H groups in total. The lowest BCUT2D eigenvalue weighted by atomic mass is 10.1. The Morgan fingerprint density at radius 2 is 2.13 bits per heavy atom. The van der Waals surface area contributed by atoms with Gasteiger partial charge in [0.1, 0.15) is 0 Å². The van der Waals surface area contributed by atoms with E-state index >= 15 is 0 Å². The molecular weight excluding hydrogens is 210 g/mol. The second-order valence-corrected chi connectivity index (χ2v) is 5.37. The van der Waals surface area contributed by atoms with Crippen molar-refractivity contribution in [3.8, 4) is 0 Å². The standard InChI is InChI=1S/C10H19N3OS/c14-10(13-9-3-5-15-7-9)12-8-2-1-4-11-6-8/h8-9,11H,1-7H2,(H2,12,13,14). The minimum absolute atomic E-state index is 0.0104. The third-order valence-electron chi connectivity index (χ3n) is 2.90. The highest BCUT2D eigenvalue weighted by Gasteiger charge is 2.20. The van der Waals surface area contributed by atoms with Crippen molar-refractivity contribution < 1.29 is 4.79 Å². The Labute approximate surface area is 94.9 Å². The Hall–Kier alpha value is -0.420. The zero-order valence-electron chi connectivity index (χ0n) is 8.92. The van der Waals surface area contributed by atoms with Crippen LogP contribution in [0, 0.1) is 0 Å². The van der Waals surface area contributed by atoms with E-state index in [1.807, 2.05) is 11.8 Å². The van der Waals surface area contributed by atoms with Crippen LogP contribution in [-0.4, -0.2) is 42.7 Å². The van der Waals surface area contributed by atoms with Crippen LogP contribution in [0.15, 0.2) is 0 Å². The molecule has 0 aromatic heterocycles. The highest BCUT2D eigenvalue weighted by Crippen LogP contribution is 2.16. The topological polar surface area (TPSA) is 53.2 Å². The Morgan fingerprint density at radius 1 is 1.27 bits per heavy atom. The number of rotatable bonds is 2. The van der Waals surface area contributed by atoms with Gasteiger partial charge in [0, 0.05) is 24.4 Å². The average Bonchev–Trinajstić information content (AvgIpc) is 2.71. The average molecular weight is 229 g/mol. The molecule has 0 bridgehead atoms. The molecule has 2 saturated heterocycles. The fourth-order valence-electron chi connectivity index (χ4n) is 2.04. The van der Waals surface area contributed by atoms with Crippen molar-refractivity contribution in [1.29, 1.82) is 0 Å². The molecule has 2 atom stereocenters. The number of hydrogen-bond donors (Lipinski definition) is 3. The molecule has 0 aromatic carbocycles. The number of nitrogens with one attached hydrogen (secondary N) is 3. The maximum atomic E-state index is 11.6. The van der Waals surface area contributed by atoms with Crippen molar-refractivity contribution in [2.24, 2.45) is 0 Å². The largest absolute Gasteiger partial charge is 0.335 e. The van der Waals surface area contributed by atoms with Crippen molar-refractivity contribution in [2.45, 2.75) is 31.3 Å². The zero-order chi connectivity index (χ0) is 10.5. The second-order valence-electron chi connectivity index (χ2n) is 4.22. The molecule has 5 heteroatoms. The van der Waals surface area contributed by atoms with E-state index in [0.717, 1.165) is 38.1 Å². The Morgan fingerprint density at radius 3 is 2.80 bits per heavy atom. The third-order valence-corrected chi connectivity index (χ3v) is 4.06. The van der Waals surface area contributed by atoms with Gasteiger partial charge < -0.3 is 16.0 Å². The number of hydrogen-bond acceptors (Lipinski definition) is 3. The first-order valence-corrected chi connectivity index (χ1v) is 6.85. The SMILES string of the molecule is O=C(NC1CCCNC1)NC1CCSC1. The van der Waals surface area contributed by atoms with Gasteiger partial charge in [0.05, 0.1) is 0 Å². The second kappa shape index (κ2) is 5.61. The summed E-state index contributed by atoms with van der Waals surface area (Å²) >= 11 is 1.92. The molecule has 2 unspecified atom stereocenters. The van der Waals surface area contributed by atoms with E-state index in [1.165, 1.54) is 5.75 Å². The van der Waals surface area contributed by atoms with Gasteiger partial charge >= 0.3 is 6.03 Å². The van der Waals surface area contributed by atoms with Crippen molar-refractivity contribution in [3.05, 3.63) is 0 Å². The molecule has 2 aliphatic heterocycles. The minimum atomic E-state index is 0.0104. The van der Waals surface area contributed by atoms with Crippen LogP contribution in [0.2, 0.25) is 0 Å². The fourth-order valence-corrected chi connectivity index (χ4v) is 3.19. The first-order valence-electron chi connectivity index (χ1n) is 5.70. The van der Waals surface area contributed by atoms with Crippen molar-refractivity contribution in [2.75, 3.05) is 24.6 Å². The Balaban J connectivity index is 1.66. The molecule has 0 saturated carbocycles. The highest BCUT2D eigenvalue weighted by atomic mass is 32.2. The van der Waals surface area contributed by atoms with Crippen LogP contribution < -0.4 is 16.0 Å². The van der Waals surface area contributed by atoms with Gasteiger partial charge in [-0.3, -0.25) is 0 Å². The summed E-state index contributed by atoms with van der Waals surface area (Å²) < 4.78 is 0. The zero-order valence-corrected chi connectivity index (χ0v) is 9.74. The molecule has 86 valence electrons. The van der Waals surface area contributed by atoms with Crippen LogP contribution in [0.4, 0.5) is 4.79 Å². The van der Waals surface area contributed by atoms with Gasteiger partial charge in [0.25, 0.3) is 0 Å². The predicted molar refractivity (Wildman–Crippen MR) is 63.3 cm³/mol. The summed E-state index contributed by atoms with van der Waals surface area (Å²) in [4.78, 5) is 11.6. The summed E-state index contributed by atoms with van der Waals surface area (Å²) in [7, 11) is 0. The number of amides is 2. The van der Waals surface area contributed by atoms with Crippen molar-refractivity contribution >= 4 is 17.8 Å². The molecule has 2 fully saturated rings. The lowest BCUT2D eigenvalue weighted by Gasteiger charge is -2.24. The molecule has 0 radical (unpaired) electrons. The van der Waals surface area contributed by atoms with Crippen molar-refractivity contribution in [1.82, 2.24) is 16.0 Å². The summed E-state index contributed by atoms with van der Waals surface area (Å²) in [6.45, 7) is 1.99. The van der Waals surface area contributed by atoms with Gasteiger partial charge in [-0.05, 0) is 31.6 Å². The van der Waals surface area contributed by atoms with E-state index < -0.39 is 0 Å². The summed E-state index contributed by atoms with van der Waals surface area (Å²) in [6.07, 6.45) is 3.37. The number of piperidine rings is 1. The van der Waals surface area contributed by atoms with Crippen LogP contribution in [0.5, 0.6) is 0 Å². The Bertz CT molecular complexity index is 213. The van der Waals surface area contributed by atoms with Crippen LogP contribution in [0.3, 0.4) is 0 Å². The van der Waals surface area contributed by atoms with Gasteiger partial charge in [-0.25, -0.2) is 4.79 Å². The van der Waals surface area contributed by atoms with Crippen LogP contribution in [-0.2, 0) is 0 Å². The molecule has 0 aromatic rings. The number of carbonyl (C=O) groups excluding carboxylic acids is 1. The Kier molecular flexibility index (Phi) is 4.14. The van der Waals surface area contributed by atoms with Gasteiger partial charge in [-0.1, -0.05) is 0 Å². The summed E-state index contributed by atoms with van der Waals surface area (Å²) in [5, 5.41) is 9.34. The summed E-state index contributed by atoms with van der Waals surface area (Å²) in [5.74, 6) is 2.24. The molecule has 2 rings (SSSR count). The molecule has 0 spiro atoms. The van der Waals surface area contributed by atoms with E-state index in [-0.39, 0.29) is 6.03 Å². The molecule has 15 heavy (non-hydrogen) atoms. The van der Waals surface area contributed by atoms with Crippen LogP contribution >= 0.6 is 11.8 Å². The maximum absolute atomic E-state index is 11.6. The van der Waals surface area contributed by atoms with E-state index in [9.17, 15) is 4.79 Å². The predicted octanol–water partition coefficient (Wildman–Crippen LogP) is 0.543. The van der Waals surface area contributed by atoms with Crippen LogP contribution in [0.1, 0.15) is 19.3 Å². The quantitative estimate of drug-likeness (QED) is 0.648. The lowest BCUT2D eigenvalue weighted by molar-refractivity contribution is 0.231. The molecule has 2 heterocycles. The maximum Gasteiger partial charge on any atom is 0.315 e. The first-order chi connectivity index (χ1) is 7.34. The lowest BCUT2D eigenvalue weighted by Crippen LogP contribution is -2.51. The van der Waals surface area contributed by atoms with Gasteiger partial charge in [-0.2, -0.15) is 11.8 Å². The summed E-state index contributed by atoms with van der Waals surface area (Å²) in [6, 6.07) is 0.704. The van der Waals surface area contributed by atoms with E-state index in [4.69, 9.17) is 0 Å². The van der Waals surface area contributed by atoms with E-state index in [2.05, 4.69) is 16.0 Å². The fraction of sp³-hybridized carbons (Fsp3) is 0.900. The van der Waals surface area contributed by atoms with Crippen molar-refractivity contribution in [3.63, 3.8) is 0 Å².